The van der Waals surface area contributed by atoms with E-state index in [-0.39, 0.29) is 13.0 Å². The van der Waals surface area contributed by atoms with Gasteiger partial charge in [0.1, 0.15) is 6.04 Å². The number of rotatable bonds is 7. The highest BCUT2D eigenvalue weighted by Crippen LogP contribution is 2.24. The first kappa shape index (κ1) is 18.8. The number of ether oxygens (including phenoxy) is 1. The van der Waals surface area contributed by atoms with E-state index in [2.05, 4.69) is 4.98 Å². The minimum Gasteiger partial charge on any atom is -0.464 e. The van der Waals surface area contributed by atoms with Gasteiger partial charge in [0.15, 0.2) is 0 Å². The Labute approximate surface area is 140 Å². The molecule has 0 spiro atoms. The van der Waals surface area contributed by atoms with Crippen molar-refractivity contribution in [2.45, 2.75) is 31.7 Å². The summed E-state index contributed by atoms with van der Waals surface area (Å²) in [6.45, 7) is 1.45. The molecule has 1 aromatic heterocycles. The monoisotopic (exact) mass is 360 g/mol. The third kappa shape index (κ3) is 4.09. The van der Waals surface area contributed by atoms with Gasteiger partial charge >= 0.3 is 18.3 Å². The molecule has 25 heavy (non-hydrogen) atoms. The maximum absolute atomic E-state index is 13.2. The van der Waals surface area contributed by atoms with Gasteiger partial charge in [0, 0.05) is 23.5 Å². The summed E-state index contributed by atoms with van der Waals surface area (Å²) in [4.78, 5) is 26.4. The number of H-pyrrole nitrogens is 1. The topological polar surface area (TPSA) is 71.2 Å². The van der Waals surface area contributed by atoms with Crippen molar-refractivity contribution in [3.63, 3.8) is 0 Å². The van der Waals surface area contributed by atoms with Gasteiger partial charge in [-0.25, -0.2) is 13.6 Å². The number of nitrogens with one attached hydrogen (secondary N) is 2. The van der Waals surface area contributed by atoms with Crippen molar-refractivity contribution in [1.82, 2.24) is 10.3 Å². The molecule has 0 saturated carbocycles. The van der Waals surface area contributed by atoms with Crippen LogP contribution in [0, 0.1) is 0 Å². The highest BCUT2D eigenvalue weighted by molar-refractivity contribution is 5.90. The van der Waals surface area contributed by atoms with E-state index in [0.717, 1.165) is 5.52 Å². The maximum Gasteiger partial charge on any atom is 0.383 e. The first-order chi connectivity index (χ1) is 11.8. The summed E-state index contributed by atoms with van der Waals surface area (Å²) in [5.41, 5.74) is 1.29. The quantitative estimate of drug-likeness (QED) is 0.589. The number of para-hydroxylation sites is 1. The summed E-state index contributed by atoms with van der Waals surface area (Å²) in [6.07, 6.45) is -2.81. The first-order valence-electron chi connectivity index (χ1n) is 7.46. The molecular formula is C16H16F4N2O3. The number of alkyl halides is 4. The molecule has 0 saturated heterocycles. The summed E-state index contributed by atoms with van der Waals surface area (Å²) in [7, 11) is 0. The lowest BCUT2D eigenvalue weighted by Gasteiger charge is -2.20. The van der Waals surface area contributed by atoms with Crippen molar-refractivity contribution >= 4 is 22.8 Å². The molecule has 1 atom stereocenters. The Hall–Kier alpha value is -2.58. The second kappa shape index (κ2) is 7.54. The molecule has 1 aromatic carbocycles. The normalized spacial score (nSPS) is 13.0. The molecular weight excluding hydrogens is 344 g/mol. The molecule has 0 radical (unpaired) electrons. The van der Waals surface area contributed by atoms with E-state index in [1.165, 1.54) is 6.92 Å². The molecule has 1 heterocycles. The van der Waals surface area contributed by atoms with Crippen molar-refractivity contribution in [3.8, 4) is 0 Å². The van der Waals surface area contributed by atoms with Crippen LogP contribution in [-0.4, -0.2) is 41.9 Å². The highest BCUT2D eigenvalue weighted by atomic mass is 19.3. The van der Waals surface area contributed by atoms with Gasteiger partial charge in [-0.1, -0.05) is 18.2 Å². The van der Waals surface area contributed by atoms with Crippen molar-refractivity contribution in [1.29, 1.82) is 0 Å². The zero-order chi connectivity index (χ0) is 18.6. The number of benzene rings is 1. The van der Waals surface area contributed by atoms with Crippen LogP contribution in [0.15, 0.2) is 30.5 Å². The lowest BCUT2D eigenvalue weighted by molar-refractivity contribution is -0.172. The van der Waals surface area contributed by atoms with Crippen LogP contribution in [-0.2, 0) is 20.7 Å². The van der Waals surface area contributed by atoms with E-state index in [4.69, 9.17) is 4.74 Å². The molecule has 2 aromatic rings. The summed E-state index contributed by atoms with van der Waals surface area (Å²) < 4.78 is 55.7. The molecule has 9 heteroatoms. The molecule has 1 amide bonds. The van der Waals surface area contributed by atoms with Crippen LogP contribution in [0.2, 0.25) is 0 Å². The van der Waals surface area contributed by atoms with Crippen molar-refractivity contribution < 1.29 is 31.9 Å². The van der Waals surface area contributed by atoms with Gasteiger partial charge in [-0.05, 0) is 18.6 Å². The van der Waals surface area contributed by atoms with Gasteiger partial charge in [-0.2, -0.15) is 8.78 Å². The number of fused-ring (bicyclic) bond motifs is 1. The molecule has 2 rings (SSSR count). The standard InChI is InChI=1S/C16H16F4N2O3/c1-2-25-13(23)12(22-15(24)16(19,20)14(17)18)7-9-8-21-11-6-4-3-5-10(9)11/h3-6,8,12,14,21H,2,7H2,1H3,(H,22,24)/t12-/m1/s1. The van der Waals surface area contributed by atoms with Crippen LogP contribution in [0.1, 0.15) is 12.5 Å². The predicted molar refractivity (Wildman–Crippen MR) is 81.5 cm³/mol. The zero-order valence-electron chi connectivity index (χ0n) is 13.2. The second-order valence-electron chi connectivity index (χ2n) is 5.27. The molecule has 0 bridgehead atoms. The van der Waals surface area contributed by atoms with E-state index in [0.29, 0.717) is 10.9 Å². The number of aromatic nitrogens is 1. The Morgan fingerprint density at radius 3 is 2.60 bits per heavy atom. The lowest BCUT2D eigenvalue weighted by Crippen LogP contribution is -2.52. The van der Waals surface area contributed by atoms with Crippen LogP contribution in [0.5, 0.6) is 0 Å². The molecule has 0 aliphatic carbocycles. The maximum atomic E-state index is 13.2. The molecule has 2 N–H and O–H groups in total. The van der Waals surface area contributed by atoms with Crippen LogP contribution in [0.3, 0.4) is 0 Å². The highest BCUT2D eigenvalue weighted by Gasteiger charge is 2.50. The number of hydrogen-bond acceptors (Lipinski definition) is 3. The number of esters is 1. The lowest BCUT2D eigenvalue weighted by atomic mass is 10.0. The number of hydrogen-bond donors (Lipinski definition) is 2. The molecule has 0 aliphatic rings. The fourth-order valence-corrected chi connectivity index (χ4v) is 2.31. The fraction of sp³-hybridized carbons (Fsp3) is 0.375. The largest absolute Gasteiger partial charge is 0.464 e. The SMILES string of the molecule is CCOC(=O)[C@@H](Cc1c[nH]c2ccccc12)NC(=O)C(F)(F)C(F)F. The Balaban J connectivity index is 2.24. The van der Waals surface area contributed by atoms with E-state index in [1.807, 2.05) is 0 Å². The predicted octanol–water partition coefficient (Wildman–Crippen LogP) is 2.66. The summed E-state index contributed by atoms with van der Waals surface area (Å²) in [5.74, 6) is -8.10. The van der Waals surface area contributed by atoms with Gasteiger partial charge in [-0.15, -0.1) is 0 Å². The van der Waals surface area contributed by atoms with Crippen molar-refractivity contribution in [2.75, 3.05) is 6.61 Å². The average molecular weight is 360 g/mol. The summed E-state index contributed by atoms with van der Waals surface area (Å²) in [5, 5.41) is 2.38. The average Bonchev–Trinajstić information content (AvgIpc) is 2.97. The van der Waals surface area contributed by atoms with Gasteiger partial charge < -0.3 is 15.0 Å². The smallest absolute Gasteiger partial charge is 0.383 e. The van der Waals surface area contributed by atoms with Crippen LogP contribution < -0.4 is 5.32 Å². The molecule has 0 unspecified atom stereocenters. The Kier molecular flexibility index (Phi) is 5.66. The second-order valence-corrected chi connectivity index (χ2v) is 5.27. The molecule has 5 nitrogen and oxygen atoms in total. The van der Waals surface area contributed by atoms with E-state index < -0.39 is 30.3 Å². The van der Waals surface area contributed by atoms with Gasteiger partial charge in [0.2, 0.25) is 0 Å². The third-order valence-electron chi connectivity index (χ3n) is 3.55. The number of halogens is 4. The van der Waals surface area contributed by atoms with Gasteiger partial charge in [0.25, 0.3) is 5.91 Å². The van der Waals surface area contributed by atoms with E-state index in [1.54, 1.807) is 35.8 Å². The fourth-order valence-electron chi connectivity index (χ4n) is 2.31. The minimum atomic E-state index is -4.90. The summed E-state index contributed by atoms with van der Waals surface area (Å²) in [6, 6.07) is 5.50. The van der Waals surface area contributed by atoms with Crippen LogP contribution in [0.25, 0.3) is 10.9 Å². The van der Waals surface area contributed by atoms with Gasteiger partial charge in [-0.3, -0.25) is 4.79 Å². The zero-order valence-corrected chi connectivity index (χ0v) is 13.2. The number of carbonyl (C=O) groups excluding carboxylic acids is 2. The Bertz CT molecular complexity index is 761. The third-order valence-corrected chi connectivity index (χ3v) is 3.55. The summed E-state index contributed by atoms with van der Waals surface area (Å²) >= 11 is 0. The molecule has 0 fully saturated rings. The number of amides is 1. The van der Waals surface area contributed by atoms with E-state index >= 15 is 0 Å². The van der Waals surface area contributed by atoms with Crippen molar-refractivity contribution in [2.24, 2.45) is 0 Å². The Morgan fingerprint density at radius 2 is 1.96 bits per heavy atom. The minimum absolute atomic E-state index is 0.0513. The number of carbonyl (C=O) groups is 2. The molecule has 0 aliphatic heterocycles. The van der Waals surface area contributed by atoms with Crippen LogP contribution >= 0.6 is 0 Å². The Morgan fingerprint density at radius 1 is 1.28 bits per heavy atom. The van der Waals surface area contributed by atoms with E-state index in [9.17, 15) is 27.2 Å². The number of aromatic amines is 1. The van der Waals surface area contributed by atoms with Gasteiger partial charge in [0.05, 0.1) is 6.61 Å². The molecule has 136 valence electrons. The van der Waals surface area contributed by atoms with Crippen molar-refractivity contribution in [3.05, 3.63) is 36.0 Å². The first-order valence-corrected chi connectivity index (χ1v) is 7.46. The van der Waals surface area contributed by atoms with Crippen LogP contribution in [0.4, 0.5) is 17.6 Å².